The molecule has 0 spiro atoms. The number of benzene rings is 1. The molecule has 0 unspecified atom stereocenters. The number of furan rings is 1. The first kappa shape index (κ1) is 15.1. The molecule has 1 saturated heterocycles. The lowest BCUT2D eigenvalue weighted by molar-refractivity contribution is -0.146. The summed E-state index contributed by atoms with van der Waals surface area (Å²) in [7, 11) is 1.81. The molecular formula is C17H22N2O3. The summed E-state index contributed by atoms with van der Waals surface area (Å²) in [6.45, 7) is 2.01. The molecule has 1 aliphatic rings. The molecule has 22 heavy (non-hydrogen) atoms. The second kappa shape index (κ2) is 6.10. The molecule has 0 saturated carbocycles. The smallest absolute Gasteiger partial charge is 0.230 e. The molecule has 1 aromatic carbocycles. The molecule has 1 aromatic heterocycles. The van der Waals surface area contributed by atoms with Crippen molar-refractivity contribution in [2.24, 2.45) is 11.1 Å². The number of ether oxygens (including phenoxy) is 1. The van der Waals surface area contributed by atoms with Gasteiger partial charge in [-0.1, -0.05) is 18.2 Å². The normalized spacial score (nSPS) is 17.5. The van der Waals surface area contributed by atoms with E-state index in [0.29, 0.717) is 39.1 Å². The van der Waals surface area contributed by atoms with Crippen molar-refractivity contribution in [3.8, 4) is 0 Å². The Morgan fingerprint density at radius 3 is 2.73 bits per heavy atom. The molecule has 1 fully saturated rings. The van der Waals surface area contributed by atoms with E-state index in [1.807, 2.05) is 37.4 Å². The molecule has 3 rings (SSSR count). The van der Waals surface area contributed by atoms with Crippen molar-refractivity contribution in [3.63, 3.8) is 0 Å². The Morgan fingerprint density at radius 2 is 2.05 bits per heavy atom. The van der Waals surface area contributed by atoms with Crippen LogP contribution in [-0.4, -0.2) is 37.6 Å². The van der Waals surface area contributed by atoms with E-state index in [0.717, 1.165) is 16.7 Å². The molecule has 1 amide bonds. The zero-order chi connectivity index (χ0) is 15.6. The summed E-state index contributed by atoms with van der Waals surface area (Å²) >= 11 is 0. The maximum Gasteiger partial charge on any atom is 0.230 e. The number of carbonyl (C=O) groups is 1. The molecule has 2 aromatic rings. The van der Waals surface area contributed by atoms with Crippen molar-refractivity contribution in [2.75, 3.05) is 26.8 Å². The second-order valence-electron chi connectivity index (χ2n) is 6.01. The number of nitrogens with two attached hydrogens (primary N) is 1. The van der Waals surface area contributed by atoms with Crippen LogP contribution in [0.1, 0.15) is 18.6 Å². The molecule has 5 heteroatoms. The SMILES string of the molecule is CN(Cc1cc2ccccc2o1)C(=O)C1(CN)CCOCC1. The minimum absolute atomic E-state index is 0.0822. The van der Waals surface area contributed by atoms with Crippen molar-refractivity contribution in [1.29, 1.82) is 0 Å². The van der Waals surface area contributed by atoms with Crippen molar-refractivity contribution in [3.05, 3.63) is 36.1 Å². The second-order valence-corrected chi connectivity index (χ2v) is 6.01. The highest BCUT2D eigenvalue weighted by Gasteiger charge is 2.40. The van der Waals surface area contributed by atoms with Gasteiger partial charge in [-0.05, 0) is 25.0 Å². The highest BCUT2D eigenvalue weighted by atomic mass is 16.5. The number of nitrogens with zero attached hydrogens (tertiary/aromatic N) is 1. The van der Waals surface area contributed by atoms with Gasteiger partial charge < -0.3 is 19.8 Å². The highest BCUT2D eigenvalue weighted by molar-refractivity contribution is 5.83. The summed E-state index contributed by atoms with van der Waals surface area (Å²) in [6.07, 6.45) is 1.37. The first-order chi connectivity index (χ1) is 10.6. The van der Waals surface area contributed by atoms with Gasteiger partial charge in [0.25, 0.3) is 0 Å². The van der Waals surface area contributed by atoms with Crippen LogP contribution >= 0.6 is 0 Å². The molecule has 0 atom stereocenters. The van der Waals surface area contributed by atoms with Crippen LogP contribution in [0.4, 0.5) is 0 Å². The Balaban J connectivity index is 1.75. The summed E-state index contributed by atoms with van der Waals surface area (Å²) < 4.78 is 11.2. The van der Waals surface area contributed by atoms with Gasteiger partial charge in [-0.2, -0.15) is 0 Å². The molecule has 0 aliphatic carbocycles. The topological polar surface area (TPSA) is 68.7 Å². The van der Waals surface area contributed by atoms with Crippen LogP contribution in [0.3, 0.4) is 0 Å². The first-order valence-electron chi connectivity index (χ1n) is 7.65. The number of amides is 1. The maximum atomic E-state index is 12.8. The predicted molar refractivity (Wildman–Crippen MR) is 84.2 cm³/mol. The van der Waals surface area contributed by atoms with Crippen molar-refractivity contribution < 1.29 is 13.9 Å². The van der Waals surface area contributed by atoms with Gasteiger partial charge in [0, 0.05) is 32.2 Å². The van der Waals surface area contributed by atoms with E-state index in [9.17, 15) is 4.79 Å². The Kier molecular flexibility index (Phi) is 4.18. The fourth-order valence-corrected chi connectivity index (χ4v) is 3.09. The largest absolute Gasteiger partial charge is 0.459 e. The summed E-state index contributed by atoms with van der Waals surface area (Å²) in [5.74, 6) is 0.870. The monoisotopic (exact) mass is 302 g/mol. The van der Waals surface area contributed by atoms with Crippen molar-refractivity contribution in [2.45, 2.75) is 19.4 Å². The Labute approximate surface area is 130 Å². The quantitative estimate of drug-likeness (QED) is 0.939. The number of para-hydroxylation sites is 1. The predicted octanol–water partition coefficient (Wildman–Crippen LogP) is 2.15. The third-order valence-corrected chi connectivity index (χ3v) is 4.51. The lowest BCUT2D eigenvalue weighted by Gasteiger charge is -2.37. The summed E-state index contributed by atoms with van der Waals surface area (Å²) in [6, 6.07) is 9.83. The number of hydrogen-bond acceptors (Lipinski definition) is 4. The van der Waals surface area contributed by atoms with Gasteiger partial charge in [-0.25, -0.2) is 0 Å². The van der Waals surface area contributed by atoms with E-state index in [2.05, 4.69) is 0 Å². The van der Waals surface area contributed by atoms with Gasteiger partial charge in [0.2, 0.25) is 5.91 Å². The molecule has 2 heterocycles. The fraction of sp³-hybridized carbons (Fsp3) is 0.471. The van der Waals surface area contributed by atoms with Gasteiger partial charge in [0.05, 0.1) is 12.0 Å². The standard InChI is InChI=1S/C17H22N2O3/c1-19(16(20)17(12-18)6-8-21-9-7-17)11-14-10-13-4-2-3-5-15(13)22-14/h2-5,10H,6-9,11-12,18H2,1H3. The summed E-state index contributed by atoms with van der Waals surface area (Å²) in [4.78, 5) is 14.5. The molecule has 5 nitrogen and oxygen atoms in total. The van der Waals surface area contributed by atoms with Crippen molar-refractivity contribution in [1.82, 2.24) is 4.90 Å². The van der Waals surface area contributed by atoms with Gasteiger partial charge >= 0.3 is 0 Å². The molecule has 0 radical (unpaired) electrons. The van der Waals surface area contributed by atoms with Crippen LogP contribution in [0, 0.1) is 5.41 Å². The molecule has 2 N–H and O–H groups in total. The molecule has 1 aliphatic heterocycles. The van der Waals surface area contributed by atoms with Gasteiger partial charge in [0.1, 0.15) is 11.3 Å². The van der Waals surface area contributed by atoms with E-state index < -0.39 is 5.41 Å². The van der Waals surface area contributed by atoms with E-state index in [4.69, 9.17) is 14.9 Å². The lowest BCUT2D eigenvalue weighted by Crippen LogP contribution is -2.49. The van der Waals surface area contributed by atoms with Crippen LogP contribution in [0.25, 0.3) is 11.0 Å². The lowest BCUT2D eigenvalue weighted by atomic mass is 9.79. The zero-order valence-electron chi connectivity index (χ0n) is 12.9. The average Bonchev–Trinajstić information content (AvgIpc) is 2.96. The zero-order valence-corrected chi connectivity index (χ0v) is 12.9. The van der Waals surface area contributed by atoms with E-state index >= 15 is 0 Å². The Hall–Kier alpha value is -1.85. The summed E-state index contributed by atoms with van der Waals surface area (Å²) in [5, 5.41) is 1.05. The van der Waals surface area contributed by atoms with Crippen LogP contribution in [-0.2, 0) is 16.1 Å². The fourth-order valence-electron chi connectivity index (χ4n) is 3.09. The first-order valence-corrected chi connectivity index (χ1v) is 7.65. The Morgan fingerprint density at radius 1 is 1.32 bits per heavy atom. The van der Waals surface area contributed by atoms with E-state index in [1.165, 1.54) is 0 Å². The van der Waals surface area contributed by atoms with Crippen LogP contribution < -0.4 is 5.73 Å². The average molecular weight is 302 g/mol. The van der Waals surface area contributed by atoms with Gasteiger partial charge in [0.15, 0.2) is 0 Å². The van der Waals surface area contributed by atoms with Gasteiger partial charge in [-0.15, -0.1) is 0 Å². The maximum absolute atomic E-state index is 12.8. The van der Waals surface area contributed by atoms with E-state index in [1.54, 1.807) is 4.90 Å². The molecular weight excluding hydrogens is 280 g/mol. The van der Waals surface area contributed by atoms with E-state index in [-0.39, 0.29) is 5.91 Å². The molecule has 0 bridgehead atoms. The number of hydrogen-bond donors (Lipinski definition) is 1. The number of fused-ring (bicyclic) bond motifs is 1. The Bertz CT molecular complexity index is 626. The van der Waals surface area contributed by atoms with Crippen LogP contribution in [0.2, 0.25) is 0 Å². The van der Waals surface area contributed by atoms with Crippen LogP contribution in [0.5, 0.6) is 0 Å². The summed E-state index contributed by atoms with van der Waals surface area (Å²) in [5.41, 5.74) is 6.26. The highest BCUT2D eigenvalue weighted by Crippen LogP contribution is 2.32. The third-order valence-electron chi connectivity index (χ3n) is 4.51. The minimum atomic E-state index is -0.487. The number of carbonyl (C=O) groups excluding carboxylic acids is 1. The minimum Gasteiger partial charge on any atom is -0.459 e. The van der Waals surface area contributed by atoms with Gasteiger partial charge in [-0.3, -0.25) is 4.79 Å². The third kappa shape index (κ3) is 2.74. The number of rotatable bonds is 4. The van der Waals surface area contributed by atoms with Crippen LogP contribution in [0.15, 0.2) is 34.7 Å². The molecule has 118 valence electrons. The van der Waals surface area contributed by atoms with Crippen molar-refractivity contribution >= 4 is 16.9 Å².